The quantitative estimate of drug-likeness (QED) is 0.852. The Kier molecular flexibility index (Phi) is 2.73. The Balaban J connectivity index is 2.55. The van der Waals surface area contributed by atoms with Crippen molar-refractivity contribution in [3.63, 3.8) is 0 Å². The standard InChI is InChI=1S/C10H9BrN2O2/c1-2-15-9(14)6-4-3-5-7-8(6)13-10(11)12-7/h3-5H,2H2,1H3,(H,12,13). The average Bonchev–Trinajstić information content (AvgIpc) is 2.57. The first-order valence-corrected chi connectivity index (χ1v) is 5.33. The van der Waals surface area contributed by atoms with Crippen LogP contribution in [0.4, 0.5) is 0 Å². The number of H-pyrrole nitrogens is 1. The molecule has 0 aliphatic rings. The molecule has 0 unspecified atom stereocenters. The van der Waals surface area contributed by atoms with Crippen molar-refractivity contribution >= 4 is 32.9 Å². The lowest BCUT2D eigenvalue weighted by molar-refractivity contribution is 0.0528. The van der Waals surface area contributed by atoms with E-state index in [9.17, 15) is 4.79 Å². The lowest BCUT2D eigenvalue weighted by atomic mass is 10.2. The number of carbonyl (C=O) groups is 1. The summed E-state index contributed by atoms with van der Waals surface area (Å²) in [5.41, 5.74) is 1.92. The maximum absolute atomic E-state index is 11.6. The predicted octanol–water partition coefficient (Wildman–Crippen LogP) is 2.50. The van der Waals surface area contributed by atoms with Gasteiger partial charge in [0.25, 0.3) is 0 Å². The van der Waals surface area contributed by atoms with Crippen molar-refractivity contribution in [2.24, 2.45) is 0 Å². The van der Waals surface area contributed by atoms with Crippen LogP contribution in [0.2, 0.25) is 0 Å². The van der Waals surface area contributed by atoms with E-state index < -0.39 is 0 Å². The third kappa shape index (κ3) is 1.87. The molecule has 1 N–H and O–H groups in total. The first-order chi connectivity index (χ1) is 7.22. The number of rotatable bonds is 2. The summed E-state index contributed by atoms with van der Waals surface area (Å²) < 4.78 is 5.54. The van der Waals surface area contributed by atoms with Gasteiger partial charge in [-0.2, -0.15) is 0 Å². The highest BCUT2D eigenvalue weighted by Gasteiger charge is 2.13. The number of para-hydroxylation sites is 1. The number of hydrogen-bond acceptors (Lipinski definition) is 3. The van der Waals surface area contributed by atoms with Crippen molar-refractivity contribution < 1.29 is 9.53 Å². The van der Waals surface area contributed by atoms with Crippen molar-refractivity contribution in [2.75, 3.05) is 6.61 Å². The van der Waals surface area contributed by atoms with Crippen LogP contribution in [-0.2, 0) is 4.74 Å². The Morgan fingerprint density at radius 2 is 2.40 bits per heavy atom. The molecule has 2 aromatic rings. The van der Waals surface area contributed by atoms with Gasteiger partial charge >= 0.3 is 5.97 Å². The summed E-state index contributed by atoms with van der Waals surface area (Å²) in [6.45, 7) is 2.14. The zero-order valence-corrected chi connectivity index (χ0v) is 9.67. The molecule has 0 amide bonds. The van der Waals surface area contributed by atoms with Gasteiger partial charge < -0.3 is 9.72 Å². The zero-order valence-electron chi connectivity index (χ0n) is 8.08. The fourth-order valence-electron chi connectivity index (χ4n) is 1.38. The number of halogens is 1. The smallest absolute Gasteiger partial charge is 0.340 e. The monoisotopic (exact) mass is 268 g/mol. The lowest BCUT2D eigenvalue weighted by Crippen LogP contribution is -2.05. The first kappa shape index (κ1) is 10.2. The third-order valence-electron chi connectivity index (χ3n) is 1.98. The molecule has 4 nitrogen and oxygen atoms in total. The molecular weight excluding hydrogens is 260 g/mol. The summed E-state index contributed by atoms with van der Waals surface area (Å²) >= 11 is 3.23. The molecule has 0 saturated carbocycles. The number of carbonyl (C=O) groups excluding carboxylic acids is 1. The Morgan fingerprint density at radius 1 is 1.60 bits per heavy atom. The summed E-state index contributed by atoms with van der Waals surface area (Å²) in [7, 11) is 0. The maximum atomic E-state index is 11.6. The van der Waals surface area contributed by atoms with E-state index in [1.165, 1.54) is 0 Å². The second-order valence-corrected chi connectivity index (χ2v) is 3.70. The normalized spacial score (nSPS) is 10.5. The fraction of sp³-hybridized carbons (Fsp3) is 0.200. The highest BCUT2D eigenvalue weighted by atomic mass is 79.9. The van der Waals surface area contributed by atoms with Crippen LogP contribution in [0.1, 0.15) is 17.3 Å². The molecule has 0 bridgehead atoms. The van der Waals surface area contributed by atoms with Crippen molar-refractivity contribution in [3.8, 4) is 0 Å². The number of fused-ring (bicyclic) bond motifs is 1. The van der Waals surface area contributed by atoms with E-state index in [1.807, 2.05) is 6.07 Å². The zero-order chi connectivity index (χ0) is 10.8. The topological polar surface area (TPSA) is 55.0 Å². The van der Waals surface area contributed by atoms with Gasteiger partial charge in [0.05, 0.1) is 17.7 Å². The van der Waals surface area contributed by atoms with Gasteiger partial charge in [-0.05, 0) is 35.0 Å². The van der Waals surface area contributed by atoms with E-state index in [2.05, 4.69) is 25.9 Å². The summed E-state index contributed by atoms with van der Waals surface area (Å²) in [6, 6.07) is 5.35. The highest BCUT2D eigenvalue weighted by molar-refractivity contribution is 9.10. The maximum Gasteiger partial charge on any atom is 0.340 e. The van der Waals surface area contributed by atoms with Crippen molar-refractivity contribution in [1.29, 1.82) is 0 Å². The van der Waals surface area contributed by atoms with Gasteiger partial charge in [0.2, 0.25) is 0 Å². The van der Waals surface area contributed by atoms with Crippen LogP contribution in [0.25, 0.3) is 11.0 Å². The number of nitrogens with one attached hydrogen (secondary N) is 1. The molecule has 2 rings (SSSR count). The predicted molar refractivity (Wildman–Crippen MR) is 59.8 cm³/mol. The van der Waals surface area contributed by atoms with Gasteiger partial charge in [-0.25, -0.2) is 9.78 Å². The Bertz CT molecular complexity index is 507. The van der Waals surface area contributed by atoms with Gasteiger partial charge in [-0.1, -0.05) is 6.07 Å². The van der Waals surface area contributed by atoms with E-state index >= 15 is 0 Å². The SMILES string of the molecule is CCOC(=O)c1cccc2[nH]c(Br)nc12. The van der Waals surface area contributed by atoms with Crippen LogP contribution in [0.15, 0.2) is 22.9 Å². The second kappa shape index (κ2) is 4.02. The number of ether oxygens (including phenoxy) is 1. The Morgan fingerprint density at radius 3 is 3.13 bits per heavy atom. The van der Waals surface area contributed by atoms with Crippen molar-refractivity contribution in [1.82, 2.24) is 9.97 Å². The average molecular weight is 269 g/mol. The highest BCUT2D eigenvalue weighted by Crippen LogP contribution is 2.19. The Labute approximate surface area is 94.8 Å². The summed E-state index contributed by atoms with van der Waals surface area (Å²) in [5.74, 6) is -0.345. The van der Waals surface area contributed by atoms with Gasteiger partial charge in [-0.3, -0.25) is 0 Å². The van der Waals surface area contributed by atoms with E-state index in [0.29, 0.717) is 22.4 Å². The van der Waals surface area contributed by atoms with Crippen LogP contribution in [0, 0.1) is 0 Å². The minimum absolute atomic E-state index is 0.345. The summed E-state index contributed by atoms with van der Waals surface area (Å²) in [5, 5.41) is 0. The van der Waals surface area contributed by atoms with E-state index in [1.54, 1.807) is 19.1 Å². The second-order valence-electron chi connectivity index (χ2n) is 2.95. The van der Waals surface area contributed by atoms with Gasteiger partial charge in [0, 0.05) is 0 Å². The molecule has 5 heteroatoms. The molecule has 0 atom stereocenters. The number of imidazole rings is 1. The number of aromatic amines is 1. The van der Waals surface area contributed by atoms with E-state index in [4.69, 9.17) is 4.74 Å². The van der Waals surface area contributed by atoms with Gasteiger partial charge in [0.15, 0.2) is 4.73 Å². The minimum Gasteiger partial charge on any atom is -0.462 e. The molecule has 1 aromatic carbocycles. The van der Waals surface area contributed by atoms with Crippen LogP contribution in [0.5, 0.6) is 0 Å². The van der Waals surface area contributed by atoms with Crippen LogP contribution in [0.3, 0.4) is 0 Å². The van der Waals surface area contributed by atoms with Gasteiger partial charge in [-0.15, -0.1) is 0 Å². The minimum atomic E-state index is -0.345. The summed E-state index contributed by atoms with van der Waals surface area (Å²) in [4.78, 5) is 18.7. The molecule has 1 heterocycles. The van der Waals surface area contributed by atoms with Crippen molar-refractivity contribution in [3.05, 3.63) is 28.5 Å². The lowest BCUT2D eigenvalue weighted by Gasteiger charge is -2.01. The molecule has 78 valence electrons. The first-order valence-electron chi connectivity index (χ1n) is 4.53. The van der Waals surface area contributed by atoms with Gasteiger partial charge in [0.1, 0.15) is 5.52 Å². The molecule has 1 aromatic heterocycles. The van der Waals surface area contributed by atoms with E-state index in [-0.39, 0.29) is 5.97 Å². The van der Waals surface area contributed by atoms with Crippen LogP contribution in [-0.4, -0.2) is 22.5 Å². The molecule has 0 fully saturated rings. The third-order valence-corrected chi connectivity index (χ3v) is 2.35. The Hall–Kier alpha value is -1.36. The molecular formula is C10H9BrN2O2. The van der Waals surface area contributed by atoms with Crippen LogP contribution < -0.4 is 0 Å². The molecule has 15 heavy (non-hydrogen) atoms. The number of aromatic nitrogens is 2. The molecule has 0 radical (unpaired) electrons. The van der Waals surface area contributed by atoms with Crippen molar-refractivity contribution in [2.45, 2.75) is 6.92 Å². The van der Waals surface area contributed by atoms with Crippen LogP contribution >= 0.6 is 15.9 Å². The molecule has 0 aliphatic carbocycles. The fourth-order valence-corrected chi connectivity index (χ4v) is 1.77. The van der Waals surface area contributed by atoms with E-state index in [0.717, 1.165) is 5.52 Å². The number of benzene rings is 1. The molecule has 0 spiro atoms. The number of hydrogen-bond donors (Lipinski definition) is 1. The summed E-state index contributed by atoms with van der Waals surface area (Å²) in [6.07, 6.45) is 0. The largest absolute Gasteiger partial charge is 0.462 e. The molecule has 0 saturated heterocycles. The molecule has 0 aliphatic heterocycles. The number of nitrogens with zero attached hydrogens (tertiary/aromatic N) is 1. The number of esters is 1.